The van der Waals surface area contributed by atoms with E-state index in [-0.39, 0.29) is 35.5 Å². The molecule has 0 amide bonds. The minimum atomic E-state index is -0.385. The predicted molar refractivity (Wildman–Crippen MR) is 133 cm³/mol. The zero-order chi connectivity index (χ0) is 20.8. The van der Waals surface area contributed by atoms with Gasteiger partial charge in [0.1, 0.15) is 5.60 Å². The lowest BCUT2D eigenvalue weighted by Crippen LogP contribution is -2.48. The molecule has 0 radical (unpaired) electrons. The number of aliphatic imine (C=N–C) groups is 1. The number of nitrogens with zero attached hydrogens (tertiary/aromatic N) is 2. The van der Waals surface area contributed by atoms with Gasteiger partial charge in [0, 0.05) is 45.2 Å². The molecule has 1 heterocycles. The van der Waals surface area contributed by atoms with Crippen LogP contribution in [0.3, 0.4) is 0 Å². The Hall–Kier alpha value is -0.830. The summed E-state index contributed by atoms with van der Waals surface area (Å²) in [6.07, 6.45) is 8.84. The van der Waals surface area contributed by atoms with Crippen molar-refractivity contribution >= 4 is 35.9 Å². The number of esters is 1. The normalized spacial score (nSPS) is 16.1. The summed E-state index contributed by atoms with van der Waals surface area (Å²) >= 11 is 0. The number of halogens is 1. The summed E-state index contributed by atoms with van der Waals surface area (Å²) < 4.78 is 5.33. The molecular formula is C22H43IN4O2. The molecule has 1 aliphatic heterocycles. The van der Waals surface area contributed by atoms with E-state index in [1.54, 1.807) is 0 Å². The van der Waals surface area contributed by atoms with Crippen LogP contribution in [0, 0.1) is 0 Å². The number of hydrogen-bond acceptors (Lipinski definition) is 4. The number of nitrogens with one attached hydrogen (secondary N) is 2. The molecule has 1 fully saturated rings. The van der Waals surface area contributed by atoms with Crippen LogP contribution in [0.2, 0.25) is 0 Å². The number of ether oxygens (including phenoxy) is 1. The summed E-state index contributed by atoms with van der Waals surface area (Å²) in [5.41, 5.74) is -0.385. The van der Waals surface area contributed by atoms with Crippen molar-refractivity contribution < 1.29 is 9.53 Å². The molecule has 1 saturated heterocycles. The zero-order valence-corrected chi connectivity index (χ0v) is 21.3. The monoisotopic (exact) mass is 522 g/mol. The molecule has 7 heteroatoms. The first kappa shape index (κ1) is 28.2. The van der Waals surface area contributed by atoms with E-state index in [0.717, 1.165) is 77.2 Å². The van der Waals surface area contributed by atoms with Crippen molar-refractivity contribution in [2.75, 3.05) is 32.7 Å². The summed E-state index contributed by atoms with van der Waals surface area (Å²) in [6, 6.07) is 0.493. The fraction of sp³-hybridized carbons (Fsp3) is 0.818. The van der Waals surface area contributed by atoms with Crippen LogP contribution in [-0.4, -0.2) is 61.2 Å². The van der Waals surface area contributed by atoms with Crippen LogP contribution in [0.15, 0.2) is 17.6 Å². The summed E-state index contributed by atoms with van der Waals surface area (Å²) in [4.78, 5) is 18.8. The van der Waals surface area contributed by atoms with Crippen molar-refractivity contribution in [2.24, 2.45) is 4.99 Å². The van der Waals surface area contributed by atoms with Gasteiger partial charge in [0.2, 0.25) is 0 Å². The third kappa shape index (κ3) is 14.7. The summed E-state index contributed by atoms with van der Waals surface area (Å²) in [6.45, 7) is 16.5. The van der Waals surface area contributed by atoms with Crippen LogP contribution in [0.1, 0.15) is 72.6 Å². The van der Waals surface area contributed by atoms with Crippen molar-refractivity contribution in [3.8, 4) is 0 Å². The second-order valence-corrected chi connectivity index (χ2v) is 8.52. The van der Waals surface area contributed by atoms with E-state index in [4.69, 9.17) is 9.73 Å². The second-order valence-electron chi connectivity index (χ2n) is 8.52. The summed E-state index contributed by atoms with van der Waals surface area (Å²) in [5.74, 6) is 0.835. The van der Waals surface area contributed by atoms with E-state index in [9.17, 15) is 4.79 Å². The second kappa shape index (κ2) is 15.9. The van der Waals surface area contributed by atoms with Crippen LogP contribution >= 0.6 is 24.0 Å². The van der Waals surface area contributed by atoms with Gasteiger partial charge in [-0.05, 0) is 53.4 Å². The summed E-state index contributed by atoms with van der Waals surface area (Å²) in [7, 11) is 0. The third-order valence-electron chi connectivity index (χ3n) is 4.64. The number of guanidine groups is 1. The van der Waals surface area contributed by atoms with Gasteiger partial charge in [-0.25, -0.2) is 0 Å². The number of piperidine rings is 1. The standard InChI is InChI=1S/C22H42N4O2.HI/c1-6-16-26-17-13-19(14-18-26)25-21(23-7-2)24-15-11-9-8-10-12-20(27)28-22(3,4)5;/h6,19H,1,7-18H2,2-5H3,(H2,23,24,25);1H. The van der Waals surface area contributed by atoms with Gasteiger partial charge < -0.3 is 15.4 Å². The van der Waals surface area contributed by atoms with Gasteiger partial charge >= 0.3 is 5.97 Å². The number of likely N-dealkylation sites (tertiary alicyclic amines) is 1. The van der Waals surface area contributed by atoms with Crippen LogP contribution in [0.5, 0.6) is 0 Å². The van der Waals surface area contributed by atoms with Crippen molar-refractivity contribution in [1.82, 2.24) is 15.5 Å². The SMILES string of the molecule is C=CCN1CCC(NC(=NCCCCCCC(=O)OC(C)(C)C)NCC)CC1.I. The molecule has 0 bridgehead atoms. The molecule has 2 N–H and O–H groups in total. The van der Waals surface area contributed by atoms with Crippen molar-refractivity contribution in [3.05, 3.63) is 12.7 Å². The Bertz CT molecular complexity index is 484. The molecule has 170 valence electrons. The first-order valence-electron chi connectivity index (χ1n) is 10.9. The van der Waals surface area contributed by atoms with Crippen LogP contribution in [-0.2, 0) is 9.53 Å². The molecule has 0 unspecified atom stereocenters. The first-order chi connectivity index (χ1) is 13.3. The van der Waals surface area contributed by atoms with E-state index in [0.29, 0.717) is 12.5 Å². The third-order valence-corrected chi connectivity index (χ3v) is 4.64. The Labute approximate surface area is 195 Å². The van der Waals surface area contributed by atoms with E-state index < -0.39 is 0 Å². The quantitative estimate of drug-likeness (QED) is 0.107. The van der Waals surface area contributed by atoms with Gasteiger partial charge in [-0.3, -0.25) is 14.7 Å². The average molecular weight is 523 g/mol. The Morgan fingerprint density at radius 1 is 1.21 bits per heavy atom. The highest BCUT2D eigenvalue weighted by molar-refractivity contribution is 14.0. The van der Waals surface area contributed by atoms with Gasteiger partial charge in [-0.2, -0.15) is 0 Å². The fourth-order valence-corrected chi connectivity index (χ4v) is 3.27. The lowest BCUT2D eigenvalue weighted by molar-refractivity contribution is -0.154. The maximum atomic E-state index is 11.7. The molecule has 29 heavy (non-hydrogen) atoms. The molecule has 0 aliphatic carbocycles. The number of hydrogen-bond donors (Lipinski definition) is 2. The number of rotatable bonds is 11. The van der Waals surface area contributed by atoms with E-state index in [1.165, 1.54) is 0 Å². The highest BCUT2D eigenvalue weighted by Crippen LogP contribution is 2.12. The Morgan fingerprint density at radius 2 is 1.86 bits per heavy atom. The predicted octanol–water partition coefficient (Wildman–Crippen LogP) is 4.10. The largest absolute Gasteiger partial charge is 0.460 e. The lowest BCUT2D eigenvalue weighted by Gasteiger charge is -2.32. The molecule has 0 aromatic carbocycles. The maximum Gasteiger partial charge on any atom is 0.306 e. The van der Waals surface area contributed by atoms with E-state index in [1.807, 2.05) is 26.8 Å². The minimum absolute atomic E-state index is 0. The van der Waals surface area contributed by atoms with Gasteiger partial charge in [0.25, 0.3) is 0 Å². The molecule has 0 aromatic rings. The minimum Gasteiger partial charge on any atom is -0.460 e. The van der Waals surface area contributed by atoms with Crippen molar-refractivity contribution in [3.63, 3.8) is 0 Å². The number of carbonyl (C=O) groups excluding carboxylic acids is 1. The number of unbranched alkanes of at least 4 members (excludes halogenated alkanes) is 3. The van der Waals surface area contributed by atoms with Crippen molar-refractivity contribution in [1.29, 1.82) is 0 Å². The highest BCUT2D eigenvalue weighted by Gasteiger charge is 2.19. The fourth-order valence-electron chi connectivity index (χ4n) is 3.27. The van der Waals surface area contributed by atoms with Crippen LogP contribution < -0.4 is 10.6 Å². The number of carbonyl (C=O) groups is 1. The zero-order valence-electron chi connectivity index (χ0n) is 19.0. The van der Waals surface area contributed by atoms with Gasteiger partial charge in [-0.15, -0.1) is 30.6 Å². The molecule has 1 aliphatic rings. The van der Waals surface area contributed by atoms with Gasteiger partial charge in [0.15, 0.2) is 5.96 Å². The Balaban J connectivity index is 0.00000784. The summed E-state index contributed by atoms with van der Waals surface area (Å²) in [5, 5.41) is 6.94. The average Bonchev–Trinajstić information content (AvgIpc) is 2.61. The molecule has 0 saturated carbocycles. The molecule has 1 rings (SSSR count). The Morgan fingerprint density at radius 3 is 2.45 bits per heavy atom. The van der Waals surface area contributed by atoms with Gasteiger partial charge in [-0.1, -0.05) is 18.9 Å². The van der Waals surface area contributed by atoms with Crippen LogP contribution in [0.25, 0.3) is 0 Å². The molecular weight excluding hydrogens is 479 g/mol. The van der Waals surface area contributed by atoms with Gasteiger partial charge in [0.05, 0.1) is 0 Å². The van der Waals surface area contributed by atoms with E-state index in [2.05, 4.69) is 29.0 Å². The highest BCUT2D eigenvalue weighted by atomic mass is 127. The molecule has 0 spiro atoms. The first-order valence-corrected chi connectivity index (χ1v) is 10.9. The Kier molecular flexibility index (Phi) is 15.5. The molecule has 6 nitrogen and oxygen atoms in total. The topological polar surface area (TPSA) is 66.0 Å². The van der Waals surface area contributed by atoms with Crippen LogP contribution in [0.4, 0.5) is 0 Å². The lowest BCUT2D eigenvalue weighted by atomic mass is 10.1. The smallest absolute Gasteiger partial charge is 0.306 e. The maximum absolute atomic E-state index is 11.7. The molecule has 0 atom stereocenters. The molecule has 0 aromatic heterocycles. The van der Waals surface area contributed by atoms with E-state index >= 15 is 0 Å². The van der Waals surface area contributed by atoms with Crippen molar-refractivity contribution in [2.45, 2.75) is 84.3 Å².